The molecular formula is C32H41N5O5. The molecule has 7 rings (SSSR count). The molecule has 4 fully saturated rings. The van der Waals surface area contributed by atoms with E-state index < -0.39 is 41.5 Å². The molecule has 0 aromatic rings. The van der Waals surface area contributed by atoms with Crippen molar-refractivity contribution in [2.45, 2.75) is 83.1 Å². The first kappa shape index (κ1) is 27.7. The van der Waals surface area contributed by atoms with Gasteiger partial charge in [-0.1, -0.05) is 45.9 Å². The fourth-order valence-electron chi connectivity index (χ4n) is 8.25. The number of fused-ring (bicyclic) bond motifs is 5. The molecule has 0 bridgehead atoms. The number of aliphatic hydroxyl groups is 1. The summed E-state index contributed by atoms with van der Waals surface area (Å²) in [5.41, 5.74) is 2.85. The van der Waals surface area contributed by atoms with Crippen molar-refractivity contribution in [1.29, 1.82) is 0 Å². The predicted octanol–water partition coefficient (Wildman–Crippen LogP) is 2.09. The topological polar surface area (TPSA) is 115 Å². The van der Waals surface area contributed by atoms with Crippen molar-refractivity contribution in [3.05, 3.63) is 47.2 Å². The summed E-state index contributed by atoms with van der Waals surface area (Å²) in [5.74, 6) is -3.82. The number of likely N-dealkylation sites (N-methyl/N-ethyl adjacent to an activating group) is 1. The van der Waals surface area contributed by atoms with Gasteiger partial charge < -0.3 is 15.3 Å². The molecule has 7 aliphatic rings. The van der Waals surface area contributed by atoms with Crippen LogP contribution in [0.1, 0.15) is 53.4 Å². The summed E-state index contributed by atoms with van der Waals surface area (Å²) in [4.78, 5) is 51.9. The molecule has 0 spiro atoms. The van der Waals surface area contributed by atoms with Crippen LogP contribution in [0.4, 0.5) is 0 Å². The molecule has 0 aromatic heterocycles. The summed E-state index contributed by atoms with van der Waals surface area (Å²) in [7, 11) is 2.03. The number of ether oxygens (including phenoxy) is 1. The monoisotopic (exact) mass is 575 g/mol. The number of rotatable bonds is 5. The Hall–Kier alpha value is -3.08. The molecule has 42 heavy (non-hydrogen) atoms. The van der Waals surface area contributed by atoms with Crippen molar-refractivity contribution in [2.75, 3.05) is 20.1 Å². The molecule has 10 nitrogen and oxygen atoms in total. The number of hydrogen-bond donors (Lipinski definition) is 2. The second kappa shape index (κ2) is 9.46. The zero-order chi connectivity index (χ0) is 29.7. The molecule has 5 aliphatic heterocycles. The summed E-state index contributed by atoms with van der Waals surface area (Å²) in [6, 6.07) is -1.37. The number of amides is 3. The minimum atomic E-state index is -2.00. The third kappa shape index (κ3) is 3.74. The second-order valence-corrected chi connectivity index (χ2v) is 13.7. The highest BCUT2D eigenvalue weighted by atomic mass is 16.7. The fraction of sp³-hybridized carbons (Fsp3) is 0.625. The highest BCUT2D eigenvalue weighted by molar-refractivity contribution is 6.05. The Bertz CT molecular complexity index is 1410. The van der Waals surface area contributed by atoms with Gasteiger partial charge >= 0.3 is 0 Å². The molecule has 1 saturated carbocycles. The van der Waals surface area contributed by atoms with Crippen LogP contribution in [-0.4, -0.2) is 93.1 Å². The van der Waals surface area contributed by atoms with Crippen LogP contribution < -0.4 is 5.32 Å². The molecule has 0 radical (unpaired) electrons. The van der Waals surface area contributed by atoms with Crippen molar-refractivity contribution in [3.8, 4) is 0 Å². The smallest absolute Gasteiger partial charge is 0.281 e. The van der Waals surface area contributed by atoms with Crippen molar-refractivity contribution >= 4 is 23.4 Å². The van der Waals surface area contributed by atoms with E-state index in [9.17, 15) is 19.5 Å². The number of carbonyl (C=O) groups is 3. The first-order valence-corrected chi connectivity index (χ1v) is 15.4. The average Bonchev–Trinajstić information content (AvgIpc) is 3.65. The van der Waals surface area contributed by atoms with Crippen molar-refractivity contribution in [3.63, 3.8) is 0 Å². The van der Waals surface area contributed by atoms with E-state index >= 15 is 0 Å². The van der Waals surface area contributed by atoms with E-state index in [-0.39, 0.29) is 29.7 Å². The highest BCUT2D eigenvalue weighted by Crippen LogP contribution is 2.49. The number of nitrogens with zero attached hydrogens (tertiary/aromatic N) is 4. The van der Waals surface area contributed by atoms with Gasteiger partial charge in [0.25, 0.3) is 11.8 Å². The SMILES string of the molecule is CC(C)C[C@H]1C(=O)N2CCC[C@H]2[C@]2(O)O[C@](NC(=O)[C@@H]3C=C4C5=CC=CC6=NC=C(C[C@H]4N(C)C3)C56)(C(C)C)C(=O)N12. The standard InChI is InChI=1S/C32H41N5O5/c1-17(2)12-25-29(39)36-11-7-10-26(36)32(41)37(25)30(40)31(42-32,18(3)4)34-28(38)20-13-22-21-8-6-9-23-27(21)19(15-33-23)14-24(22)35(5)16-20/h6,8-9,13,15,17-18,20,24-27,41H,7,10-12,14,16H2,1-5H3,(H,34,38)/t20-,24-,25+,26+,27?,31-,32+/m1/s1. The molecule has 1 unspecified atom stereocenters. The molecule has 2 aliphatic carbocycles. The molecule has 7 atom stereocenters. The average molecular weight is 576 g/mol. The van der Waals surface area contributed by atoms with E-state index in [1.54, 1.807) is 4.90 Å². The zero-order valence-electron chi connectivity index (χ0n) is 25.0. The summed E-state index contributed by atoms with van der Waals surface area (Å²) >= 11 is 0. The molecule has 10 heteroatoms. The number of carbonyl (C=O) groups excluding carboxylic acids is 3. The molecule has 2 N–H and O–H groups in total. The molecular weight excluding hydrogens is 534 g/mol. The van der Waals surface area contributed by atoms with Gasteiger partial charge in [0, 0.05) is 37.2 Å². The third-order valence-electron chi connectivity index (χ3n) is 10.3. The van der Waals surface area contributed by atoms with Gasteiger partial charge in [0.05, 0.1) is 11.6 Å². The predicted molar refractivity (Wildman–Crippen MR) is 155 cm³/mol. The van der Waals surface area contributed by atoms with Crippen LogP contribution in [0.2, 0.25) is 0 Å². The molecule has 5 heterocycles. The lowest BCUT2D eigenvalue weighted by Crippen LogP contribution is -2.71. The summed E-state index contributed by atoms with van der Waals surface area (Å²) in [6.07, 6.45) is 12.7. The lowest BCUT2D eigenvalue weighted by molar-refractivity contribution is -0.322. The van der Waals surface area contributed by atoms with Gasteiger partial charge in [-0.25, -0.2) is 0 Å². The molecule has 224 valence electrons. The van der Waals surface area contributed by atoms with E-state index in [1.807, 2.05) is 53.1 Å². The Balaban J connectivity index is 1.22. The van der Waals surface area contributed by atoms with Gasteiger partial charge in [0.1, 0.15) is 12.1 Å². The number of aliphatic imine (C=N–C) groups is 1. The van der Waals surface area contributed by atoms with Crippen LogP contribution in [0.5, 0.6) is 0 Å². The van der Waals surface area contributed by atoms with E-state index in [0.717, 1.165) is 24.1 Å². The third-order valence-corrected chi connectivity index (χ3v) is 10.3. The first-order chi connectivity index (χ1) is 20.0. The first-order valence-electron chi connectivity index (χ1n) is 15.4. The maximum absolute atomic E-state index is 14.4. The number of nitrogens with one attached hydrogen (secondary N) is 1. The number of allylic oxidation sites excluding steroid dienone is 3. The maximum Gasteiger partial charge on any atom is 0.281 e. The zero-order valence-corrected chi connectivity index (χ0v) is 25.0. The van der Waals surface area contributed by atoms with E-state index in [1.165, 1.54) is 16.0 Å². The normalized spacial score (nSPS) is 38.6. The van der Waals surface area contributed by atoms with Gasteiger partial charge in [-0.05, 0) is 61.4 Å². The molecule has 3 amide bonds. The largest absolute Gasteiger partial charge is 0.347 e. The Kier molecular flexibility index (Phi) is 6.25. The lowest BCUT2D eigenvalue weighted by Gasteiger charge is -2.49. The van der Waals surface area contributed by atoms with Crippen molar-refractivity contribution < 1.29 is 24.2 Å². The Morgan fingerprint density at radius 2 is 2.02 bits per heavy atom. The van der Waals surface area contributed by atoms with Gasteiger partial charge in [0.15, 0.2) is 0 Å². The summed E-state index contributed by atoms with van der Waals surface area (Å²) < 4.78 is 6.43. The van der Waals surface area contributed by atoms with E-state index in [4.69, 9.17) is 4.74 Å². The molecule has 0 aromatic carbocycles. The number of hydrogen-bond acceptors (Lipinski definition) is 7. The van der Waals surface area contributed by atoms with Crippen LogP contribution >= 0.6 is 0 Å². The van der Waals surface area contributed by atoms with Gasteiger partial charge in [-0.15, -0.1) is 0 Å². The van der Waals surface area contributed by atoms with Crippen LogP contribution in [0.15, 0.2) is 52.2 Å². The van der Waals surface area contributed by atoms with E-state index in [2.05, 4.69) is 27.4 Å². The quantitative estimate of drug-likeness (QED) is 0.519. The van der Waals surface area contributed by atoms with Crippen molar-refractivity contribution in [1.82, 2.24) is 20.0 Å². The van der Waals surface area contributed by atoms with Crippen LogP contribution in [-0.2, 0) is 19.1 Å². The summed E-state index contributed by atoms with van der Waals surface area (Å²) in [5, 5.41) is 15.1. The lowest BCUT2D eigenvalue weighted by atomic mass is 9.69. The minimum Gasteiger partial charge on any atom is -0.347 e. The van der Waals surface area contributed by atoms with Gasteiger partial charge in [0.2, 0.25) is 17.5 Å². The van der Waals surface area contributed by atoms with Gasteiger partial charge in [-0.2, -0.15) is 0 Å². The highest BCUT2D eigenvalue weighted by Gasteiger charge is 2.72. The van der Waals surface area contributed by atoms with Crippen LogP contribution in [0.3, 0.4) is 0 Å². The fourth-order valence-corrected chi connectivity index (χ4v) is 8.25. The van der Waals surface area contributed by atoms with E-state index in [0.29, 0.717) is 25.9 Å². The minimum absolute atomic E-state index is 0.108. The van der Waals surface area contributed by atoms with Crippen LogP contribution in [0, 0.1) is 23.7 Å². The summed E-state index contributed by atoms with van der Waals surface area (Å²) in [6.45, 7) is 8.60. The second-order valence-electron chi connectivity index (χ2n) is 13.7. The Morgan fingerprint density at radius 3 is 2.76 bits per heavy atom. The Morgan fingerprint density at radius 1 is 1.24 bits per heavy atom. The van der Waals surface area contributed by atoms with Crippen molar-refractivity contribution in [2.24, 2.45) is 28.7 Å². The number of piperazine rings is 1. The maximum atomic E-state index is 14.4. The molecule has 3 saturated heterocycles. The van der Waals surface area contributed by atoms with Gasteiger partial charge in [-0.3, -0.25) is 33.9 Å². The Labute approximate surface area is 246 Å². The van der Waals surface area contributed by atoms with Crippen LogP contribution in [0.25, 0.3) is 0 Å².